The minimum atomic E-state index is -0.729. The van der Waals surface area contributed by atoms with Crippen molar-refractivity contribution >= 4 is 28.6 Å². The molecule has 0 unspecified atom stereocenters. The first-order valence-corrected chi connectivity index (χ1v) is 13.3. The number of thioether (sulfide) groups is 1. The zero-order chi connectivity index (χ0) is 24.7. The molecular formula is C27H40N2O4S. The van der Waals surface area contributed by atoms with E-state index in [1.54, 1.807) is 13.3 Å². The molecule has 2 aromatic rings. The number of methoxy groups -OCH3 is 1. The fourth-order valence-electron chi connectivity index (χ4n) is 4.95. The van der Waals surface area contributed by atoms with Gasteiger partial charge >= 0.3 is 5.97 Å². The predicted octanol–water partition coefficient (Wildman–Crippen LogP) is 5.39. The molecule has 0 saturated carbocycles. The van der Waals surface area contributed by atoms with Gasteiger partial charge in [0.25, 0.3) is 0 Å². The molecule has 2 heterocycles. The van der Waals surface area contributed by atoms with Gasteiger partial charge in [-0.1, -0.05) is 20.8 Å². The smallest absolute Gasteiger partial charge is 0.303 e. The number of fused-ring (bicyclic) bond motifs is 1. The number of likely N-dealkylation sites (tertiary alicyclic amines) is 1. The zero-order valence-corrected chi connectivity index (χ0v) is 21.8. The number of nitrogens with zero attached hydrogens (tertiary/aromatic N) is 2. The van der Waals surface area contributed by atoms with Crippen molar-refractivity contribution in [2.45, 2.75) is 63.7 Å². The summed E-state index contributed by atoms with van der Waals surface area (Å²) in [5.74, 6) is 1.58. The van der Waals surface area contributed by atoms with Gasteiger partial charge in [0.2, 0.25) is 0 Å². The minimum absolute atomic E-state index is 0.128. The molecule has 3 atom stereocenters. The molecule has 188 valence electrons. The minimum Gasteiger partial charge on any atom is -0.497 e. The van der Waals surface area contributed by atoms with Gasteiger partial charge in [0.05, 0.1) is 18.7 Å². The molecule has 34 heavy (non-hydrogen) atoms. The summed E-state index contributed by atoms with van der Waals surface area (Å²) in [6, 6.07) is 7.57. The van der Waals surface area contributed by atoms with Gasteiger partial charge in [0, 0.05) is 29.3 Å². The van der Waals surface area contributed by atoms with Crippen LogP contribution in [-0.4, -0.2) is 63.3 Å². The summed E-state index contributed by atoms with van der Waals surface area (Å²) in [7, 11) is 1.63. The average molecular weight is 489 g/mol. The quantitative estimate of drug-likeness (QED) is 0.410. The Morgan fingerprint density at radius 2 is 2.09 bits per heavy atom. The Morgan fingerprint density at radius 3 is 2.79 bits per heavy atom. The number of hydrogen-bond acceptors (Lipinski definition) is 6. The van der Waals surface area contributed by atoms with E-state index in [0.717, 1.165) is 66.9 Å². The van der Waals surface area contributed by atoms with Crippen LogP contribution in [0.2, 0.25) is 0 Å². The second-order valence-electron chi connectivity index (χ2n) is 10.4. The molecule has 0 spiro atoms. The van der Waals surface area contributed by atoms with Crippen LogP contribution in [-0.2, 0) is 4.79 Å². The topological polar surface area (TPSA) is 82.9 Å². The number of benzene rings is 1. The molecule has 1 aliphatic rings. The monoisotopic (exact) mass is 488 g/mol. The number of ether oxygens (including phenoxy) is 1. The second kappa shape index (κ2) is 12.2. The van der Waals surface area contributed by atoms with Crippen molar-refractivity contribution in [2.24, 2.45) is 11.8 Å². The third kappa shape index (κ3) is 7.85. The highest BCUT2D eigenvalue weighted by molar-refractivity contribution is 8.00. The van der Waals surface area contributed by atoms with Gasteiger partial charge in [0.1, 0.15) is 5.75 Å². The lowest BCUT2D eigenvalue weighted by molar-refractivity contribution is -0.139. The molecule has 0 amide bonds. The van der Waals surface area contributed by atoms with Crippen LogP contribution in [0, 0.1) is 11.8 Å². The highest BCUT2D eigenvalue weighted by Crippen LogP contribution is 2.35. The van der Waals surface area contributed by atoms with Crippen molar-refractivity contribution in [1.29, 1.82) is 0 Å². The van der Waals surface area contributed by atoms with Crippen molar-refractivity contribution in [3.05, 3.63) is 36.0 Å². The summed E-state index contributed by atoms with van der Waals surface area (Å²) in [4.78, 5) is 18.4. The number of aliphatic hydroxyl groups excluding tert-OH is 1. The first-order valence-electron chi connectivity index (χ1n) is 12.3. The molecule has 1 aromatic carbocycles. The van der Waals surface area contributed by atoms with Crippen LogP contribution in [0.4, 0.5) is 0 Å². The number of carboxylic acids is 1. The molecule has 3 rings (SSSR count). The Bertz CT molecular complexity index is 946. The van der Waals surface area contributed by atoms with E-state index >= 15 is 0 Å². The number of pyridine rings is 1. The highest BCUT2D eigenvalue weighted by Gasteiger charge is 2.31. The number of aromatic nitrogens is 1. The number of piperidine rings is 1. The predicted molar refractivity (Wildman–Crippen MR) is 140 cm³/mol. The maximum atomic E-state index is 11.6. The van der Waals surface area contributed by atoms with Crippen molar-refractivity contribution in [2.75, 3.05) is 32.5 Å². The molecule has 7 heteroatoms. The van der Waals surface area contributed by atoms with Crippen molar-refractivity contribution in [3.63, 3.8) is 0 Å². The molecule has 1 fully saturated rings. The van der Waals surface area contributed by atoms with E-state index in [-0.39, 0.29) is 17.1 Å². The Balaban J connectivity index is 1.59. The molecule has 0 aliphatic carbocycles. The van der Waals surface area contributed by atoms with Crippen molar-refractivity contribution in [3.8, 4) is 5.75 Å². The molecule has 0 radical (unpaired) electrons. The maximum Gasteiger partial charge on any atom is 0.303 e. The van der Waals surface area contributed by atoms with Crippen LogP contribution < -0.4 is 4.74 Å². The Labute approximate surface area is 208 Å². The largest absolute Gasteiger partial charge is 0.497 e. The van der Waals surface area contributed by atoms with Crippen LogP contribution in [0.5, 0.6) is 5.75 Å². The first kappa shape index (κ1) is 26.8. The summed E-state index contributed by atoms with van der Waals surface area (Å²) in [5, 5.41) is 21.5. The Kier molecular flexibility index (Phi) is 9.63. The number of rotatable bonds is 11. The third-order valence-corrected chi connectivity index (χ3v) is 8.08. The van der Waals surface area contributed by atoms with Gasteiger partial charge in [-0.25, -0.2) is 0 Å². The average Bonchev–Trinajstić information content (AvgIpc) is 2.79. The van der Waals surface area contributed by atoms with Crippen LogP contribution in [0.15, 0.2) is 30.5 Å². The summed E-state index contributed by atoms with van der Waals surface area (Å²) >= 11 is 1.99. The fourth-order valence-corrected chi connectivity index (χ4v) is 5.84. The van der Waals surface area contributed by atoms with E-state index in [1.165, 1.54) is 0 Å². The summed E-state index contributed by atoms with van der Waals surface area (Å²) < 4.78 is 5.64. The van der Waals surface area contributed by atoms with E-state index in [2.05, 4.69) is 30.7 Å². The first-order chi connectivity index (χ1) is 16.2. The second-order valence-corrected chi connectivity index (χ2v) is 12.3. The van der Waals surface area contributed by atoms with Crippen LogP contribution in [0.1, 0.15) is 64.5 Å². The van der Waals surface area contributed by atoms with Gasteiger partial charge in [-0.2, -0.15) is 11.8 Å². The Morgan fingerprint density at radius 1 is 1.29 bits per heavy atom. The van der Waals surface area contributed by atoms with E-state index in [0.29, 0.717) is 12.3 Å². The molecule has 2 N–H and O–H groups in total. The maximum absolute atomic E-state index is 11.6. The number of carboxylic acid groups (broad SMARTS) is 1. The van der Waals surface area contributed by atoms with Crippen LogP contribution in [0.25, 0.3) is 10.9 Å². The van der Waals surface area contributed by atoms with Gasteiger partial charge in [-0.05, 0) is 86.2 Å². The van der Waals surface area contributed by atoms with E-state index in [1.807, 2.05) is 36.0 Å². The molecule has 1 aromatic heterocycles. The molecule has 1 saturated heterocycles. The normalized spacial score (nSPS) is 20.4. The molecule has 1 aliphatic heterocycles. The Hall–Kier alpha value is -1.83. The fraction of sp³-hybridized carbons (Fsp3) is 0.630. The zero-order valence-electron chi connectivity index (χ0n) is 21.0. The number of hydrogen-bond donors (Lipinski definition) is 2. The lowest BCUT2D eigenvalue weighted by Crippen LogP contribution is -2.42. The third-order valence-electron chi connectivity index (χ3n) is 6.72. The number of aliphatic hydroxyl groups is 1. The van der Waals surface area contributed by atoms with Gasteiger partial charge in [-0.3, -0.25) is 9.78 Å². The number of aliphatic carboxylic acids is 1. The van der Waals surface area contributed by atoms with Gasteiger partial charge in [-0.15, -0.1) is 0 Å². The SMILES string of the molecule is COc1ccc2nccc([C@H](O)CC[C@@H]3CCN(CCCSC(C)(C)C)C[C@@H]3CC(=O)O)c2c1. The van der Waals surface area contributed by atoms with E-state index in [9.17, 15) is 15.0 Å². The molecular weight excluding hydrogens is 448 g/mol. The van der Waals surface area contributed by atoms with E-state index < -0.39 is 12.1 Å². The van der Waals surface area contributed by atoms with Gasteiger partial charge in [0.15, 0.2) is 0 Å². The highest BCUT2D eigenvalue weighted by atomic mass is 32.2. The van der Waals surface area contributed by atoms with Crippen LogP contribution >= 0.6 is 11.8 Å². The summed E-state index contributed by atoms with van der Waals surface area (Å²) in [5.41, 5.74) is 1.69. The van der Waals surface area contributed by atoms with Crippen LogP contribution in [0.3, 0.4) is 0 Å². The summed E-state index contributed by atoms with van der Waals surface area (Å²) in [6.07, 6.45) is 4.86. The van der Waals surface area contributed by atoms with E-state index in [4.69, 9.17) is 4.74 Å². The standard InChI is InChI=1S/C27H40N2O4S/c1-27(2,3)34-15-5-13-29-14-11-19(20(18-29)16-26(31)32)6-9-25(30)22-10-12-28-24-8-7-21(33-4)17-23(22)24/h7-8,10,12,17,19-20,25,30H,5-6,9,11,13-16,18H2,1-4H3,(H,31,32)/t19-,20+,25-/m1/s1. The van der Waals surface area contributed by atoms with Crippen molar-refractivity contribution < 1.29 is 19.7 Å². The number of carbonyl (C=O) groups is 1. The molecule has 6 nitrogen and oxygen atoms in total. The summed E-state index contributed by atoms with van der Waals surface area (Å²) in [6.45, 7) is 9.59. The lowest BCUT2D eigenvalue weighted by atomic mass is 9.79. The molecule has 0 bridgehead atoms. The van der Waals surface area contributed by atoms with Crippen molar-refractivity contribution in [1.82, 2.24) is 9.88 Å². The van der Waals surface area contributed by atoms with Gasteiger partial charge < -0.3 is 19.8 Å². The lowest BCUT2D eigenvalue weighted by Gasteiger charge is -2.38.